The van der Waals surface area contributed by atoms with Gasteiger partial charge in [-0.05, 0) is 30.3 Å². The minimum Gasteiger partial charge on any atom is -0.374 e. The van der Waals surface area contributed by atoms with Crippen molar-refractivity contribution in [3.05, 3.63) is 59.6 Å². The summed E-state index contributed by atoms with van der Waals surface area (Å²) in [6.45, 7) is 0.638. The van der Waals surface area contributed by atoms with Gasteiger partial charge in [-0.3, -0.25) is 0 Å². The van der Waals surface area contributed by atoms with Gasteiger partial charge in [0.15, 0.2) is 0 Å². The summed E-state index contributed by atoms with van der Waals surface area (Å²) in [6.07, 6.45) is 0. The summed E-state index contributed by atoms with van der Waals surface area (Å²) >= 11 is 1.65. The Morgan fingerprint density at radius 3 is 2.89 bits per heavy atom. The van der Waals surface area contributed by atoms with Gasteiger partial charge in [-0.15, -0.1) is 11.3 Å². The van der Waals surface area contributed by atoms with Crippen molar-refractivity contribution in [1.29, 1.82) is 0 Å². The van der Waals surface area contributed by atoms with Gasteiger partial charge in [0.2, 0.25) is 0 Å². The van der Waals surface area contributed by atoms with Gasteiger partial charge >= 0.3 is 0 Å². The van der Waals surface area contributed by atoms with Crippen LogP contribution in [0.2, 0.25) is 0 Å². The first-order chi connectivity index (χ1) is 9.42. The van der Waals surface area contributed by atoms with Gasteiger partial charge in [0, 0.05) is 11.3 Å². The molecule has 0 unspecified atom stereocenters. The van der Waals surface area contributed by atoms with Crippen LogP contribution in [0, 0.1) is 11.8 Å². The lowest BCUT2D eigenvalue weighted by Gasteiger charge is -2.01. The Labute approximate surface area is 116 Å². The highest BCUT2D eigenvalue weighted by molar-refractivity contribution is 7.16. The molecule has 0 aliphatic heterocycles. The van der Waals surface area contributed by atoms with E-state index in [4.69, 9.17) is 0 Å². The summed E-state index contributed by atoms with van der Waals surface area (Å²) in [5, 5.41) is 3.30. The van der Waals surface area contributed by atoms with Crippen molar-refractivity contribution in [2.75, 3.05) is 11.9 Å². The van der Waals surface area contributed by atoms with E-state index in [9.17, 15) is 0 Å². The molecule has 0 radical (unpaired) electrons. The van der Waals surface area contributed by atoms with E-state index in [1.54, 1.807) is 11.3 Å². The number of hydrogen-bond acceptors (Lipinski definition) is 3. The zero-order valence-electron chi connectivity index (χ0n) is 10.3. The Morgan fingerprint density at radius 2 is 2.00 bits per heavy atom. The van der Waals surface area contributed by atoms with Crippen LogP contribution in [-0.2, 0) is 0 Å². The van der Waals surface area contributed by atoms with Gasteiger partial charge in [-0.2, -0.15) is 0 Å². The molecule has 19 heavy (non-hydrogen) atoms. The SMILES string of the molecule is C(#Cc1ccccc1)CNc1ccc2ncsc2c1. The van der Waals surface area contributed by atoms with E-state index in [1.165, 1.54) is 4.70 Å². The van der Waals surface area contributed by atoms with E-state index in [0.29, 0.717) is 6.54 Å². The molecule has 0 amide bonds. The molecule has 3 rings (SSSR count). The molecule has 1 heterocycles. The zero-order valence-corrected chi connectivity index (χ0v) is 11.1. The summed E-state index contributed by atoms with van der Waals surface area (Å²) in [6, 6.07) is 16.2. The minimum absolute atomic E-state index is 0.638. The highest BCUT2D eigenvalue weighted by atomic mass is 32.1. The number of fused-ring (bicyclic) bond motifs is 1. The van der Waals surface area contributed by atoms with Crippen LogP contribution < -0.4 is 5.32 Å². The van der Waals surface area contributed by atoms with Crippen molar-refractivity contribution in [3.63, 3.8) is 0 Å². The van der Waals surface area contributed by atoms with Gasteiger partial charge in [0.05, 0.1) is 22.3 Å². The molecule has 1 N–H and O–H groups in total. The van der Waals surface area contributed by atoms with Gasteiger partial charge in [0.1, 0.15) is 0 Å². The number of benzene rings is 2. The maximum atomic E-state index is 4.26. The molecule has 0 aliphatic carbocycles. The average Bonchev–Trinajstić information content (AvgIpc) is 2.92. The van der Waals surface area contributed by atoms with E-state index < -0.39 is 0 Å². The standard InChI is InChI=1S/C16H12N2S/c1-2-5-13(6-3-1)7-4-10-17-14-8-9-15-16(11-14)19-12-18-15/h1-3,5-6,8-9,11-12,17H,10H2. The number of hydrogen-bond donors (Lipinski definition) is 1. The number of rotatable bonds is 2. The van der Waals surface area contributed by atoms with Crippen LogP contribution in [0.5, 0.6) is 0 Å². The topological polar surface area (TPSA) is 24.9 Å². The molecular weight excluding hydrogens is 252 g/mol. The van der Waals surface area contributed by atoms with Crippen molar-refractivity contribution in [2.45, 2.75) is 0 Å². The quantitative estimate of drug-likeness (QED) is 0.713. The largest absolute Gasteiger partial charge is 0.374 e. The monoisotopic (exact) mass is 264 g/mol. The molecule has 0 atom stereocenters. The number of anilines is 1. The van der Waals surface area contributed by atoms with Gasteiger partial charge < -0.3 is 5.32 Å². The Hall–Kier alpha value is -2.31. The third kappa shape index (κ3) is 2.93. The van der Waals surface area contributed by atoms with Crippen LogP contribution in [-0.4, -0.2) is 11.5 Å². The van der Waals surface area contributed by atoms with Gasteiger partial charge in [0.25, 0.3) is 0 Å². The van der Waals surface area contributed by atoms with Crippen molar-refractivity contribution in [3.8, 4) is 11.8 Å². The molecular formula is C16H12N2S. The fourth-order valence-electron chi connectivity index (χ4n) is 1.78. The number of nitrogens with one attached hydrogen (secondary N) is 1. The maximum absolute atomic E-state index is 4.26. The third-order valence-electron chi connectivity index (χ3n) is 2.72. The Balaban J connectivity index is 1.65. The highest BCUT2D eigenvalue weighted by Crippen LogP contribution is 2.21. The van der Waals surface area contributed by atoms with Crippen LogP contribution in [0.1, 0.15) is 5.56 Å². The summed E-state index contributed by atoms with van der Waals surface area (Å²) in [5.74, 6) is 6.24. The number of nitrogens with zero attached hydrogens (tertiary/aromatic N) is 1. The molecule has 0 bridgehead atoms. The molecule has 2 aromatic carbocycles. The number of thiazole rings is 1. The predicted molar refractivity (Wildman–Crippen MR) is 81.4 cm³/mol. The molecule has 0 saturated carbocycles. The van der Waals surface area contributed by atoms with Crippen molar-refractivity contribution in [1.82, 2.24) is 4.98 Å². The molecule has 0 aliphatic rings. The van der Waals surface area contributed by atoms with Crippen LogP contribution in [0.3, 0.4) is 0 Å². The molecule has 3 heteroatoms. The van der Waals surface area contributed by atoms with Crippen molar-refractivity contribution in [2.24, 2.45) is 0 Å². The second-order valence-corrected chi connectivity index (χ2v) is 4.94. The lowest BCUT2D eigenvalue weighted by Crippen LogP contribution is -1.98. The van der Waals surface area contributed by atoms with E-state index >= 15 is 0 Å². The smallest absolute Gasteiger partial charge is 0.0813 e. The van der Waals surface area contributed by atoms with Crippen molar-refractivity contribution >= 4 is 27.2 Å². The first-order valence-electron chi connectivity index (χ1n) is 6.03. The fourth-order valence-corrected chi connectivity index (χ4v) is 2.50. The molecule has 3 aromatic rings. The summed E-state index contributed by atoms with van der Waals surface area (Å²) < 4.78 is 1.20. The number of aromatic nitrogens is 1. The van der Waals surface area contributed by atoms with E-state index in [2.05, 4.69) is 28.2 Å². The molecule has 92 valence electrons. The second-order valence-electron chi connectivity index (χ2n) is 4.06. The molecule has 0 saturated heterocycles. The molecule has 1 aromatic heterocycles. The van der Waals surface area contributed by atoms with Crippen LogP contribution >= 0.6 is 11.3 Å². The van der Waals surface area contributed by atoms with Gasteiger partial charge in [-0.25, -0.2) is 4.98 Å². The average molecular weight is 264 g/mol. The van der Waals surface area contributed by atoms with Gasteiger partial charge in [-0.1, -0.05) is 30.0 Å². The second kappa shape index (κ2) is 5.55. The zero-order chi connectivity index (χ0) is 12.9. The van der Waals surface area contributed by atoms with Crippen LogP contribution in [0.15, 0.2) is 54.0 Å². The lowest BCUT2D eigenvalue weighted by atomic mass is 10.2. The molecule has 0 fully saturated rings. The highest BCUT2D eigenvalue weighted by Gasteiger charge is 1.97. The first-order valence-corrected chi connectivity index (χ1v) is 6.91. The van der Waals surface area contributed by atoms with E-state index in [1.807, 2.05) is 48.0 Å². The van der Waals surface area contributed by atoms with E-state index in [0.717, 1.165) is 16.8 Å². The predicted octanol–water partition coefficient (Wildman–Crippen LogP) is 3.76. The lowest BCUT2D eigenvalue weighted by molar-refractivity contribution is 1.38. The minimum atomic E-state index is 0.638. The van der Waals surface area contributed by atoms with E-state index in [-0.39, 0.29) is 0 Å². The van der Waals surface area contributed by atoms with Crippen LogP contribution in [0.4, 0.5) is 5.69 Å². The third-order valence-corrected chi connectivity index (χ3v) is 3.51. The normalized spacial score (nSPS) is 9.89. The summed E-state index contributed by atoms with van der Waals surface area (Å²) in [7, 11) is 0. The van der Waals surface area contributed by atoms with Crippen LogP contribution in [0.25, 0.3) is 10.2 Å². The molecule has 2 nitrogen and oxygen atoms in total. The Bertz CT molecular complexity index is 735. The maximum Gasteiger partial charge on any atom is 0.0813 e. The fraction of sp³-hybridized carbons (Fsp3) is 0.0625. The summed E-state index contributed by atoms with van der Waals surface area (Å²) in [5.41, 5.74) is 5.04. The Kier molecular flexibility index (Phi) is 3.44. The molecule has 0 spiro atoms. The Morgan fingerprint density at radius 1 is 1.11 bits per heavy atom. The first kappa shape index (κ1) is 11.8. The van der Waals surface area contributed by atoms with Crippen molar-refractivity contribution < 1.29 is 0 Å². The summed E-state index contributed by atoms with van der Waals surface area (Å²) in [4.78, 5) is 4.26.